The monoisotopic (exact) mass is 750 g/mol. The van der Waals surface area contributed by atoms with Crippen LogP contribution in [0.15, 0.2) is 101 Å². The van der Waals surface area contributed by atoms with Crippen LogP contribution in [0.5, 0.6) is 0 Å². The first-order chi connectivity index (χ1) is 22.4. The zero-order valence-corrected chi connectivity index (χ0v) is 29.5. The minimum absolute atomic E-state index is 0.235. The molecule has 1 aliphatic rings. The van der Waals surface area contributed by atoms with E-state index >= 15 is 0 Å². The van der Waals surface area contributed by atoms with Crippen LogP contribution >= 0.6 is 46.3 Å². The van der Waals surface area contributed by atoms with Crippen LogP contribution in [0.1, 0.15) is 23.4 Å². The maximum Gasteiger partial charge on any atom is 0.265 e. The molecule has 5 rings (SSSR count). The maximum atomic E-state index is 11.3. The number of aryl methyl sites for hydroxylation is 1. The molecule has 3 heterocycles. The summed E-state index contributed by atoms with van der Waals surface area (Å²) in [7, 11) is -8.17. The van der Waals surface area contributed by atoms with Crippen molar-refractivity contribution >= 4 is 94.1 Å². The van der Waals surface area contributed by atoms with E-state index < -0.39 is 20.2 Å². The van der Waals surface area contributed by atoms with Gasteiger partial charge in [0.2, 0.25) is 5.52 Å². The van der Waals surface area contributed by atoms with Gasteiger partial charge in [-0.1, -0.05) is 70.6 Å². The second-order valence-electron chi connectivity index (χ2n) is 10.4. The first-order valence-corrected chi connectivity index (χ1v) is 19.9. The summed E-state index contributed by atoms with van der Waals surface area (Å²) in [5, 5.41) is 2.90. The van der Waals surface area contributed by atoms with Gasteiger partial charge in [0, 0.05) is 52.4 Å². The van der Waals surface area contributed by atoms with Crippen LogP contribution < -0.4 is 9.47 Å². The molecule has 2 N–H and O–H groups in total. The number of rotatable bonds is 13. The van der Waals surface area contributed by atoms with Crippen molar-refractivity contribution in [3.8, 4) is 0 Å². The second-order valence-corrected chi connectivity index (χ2v) is 16.6. The Morgan fingerprint density at radius 3 is 2.36 bits per heavy atom. The van der Waals surface area contributed by atoms with Crippen molar-refractivity contribution in [1.29, 1.82) is 0 Å². The molecule has 0 aliphatic carbocycles. The average Bonchev–Trinajstić information content (AvgIpc) is 3.52. The third-order valence-electron chi connectivity index (χ3n) is 7.00. The molecule has 0 bridgehead atoms. The predicted molar refractivity (Wildman–Crippen MR) is 192 cm³/mol. The van der Waals surface area contributed by atoms with Gasteiger partial charge in [-0.3, -0.25) is 14.1 Å². The summed E-state index contributed by atoms with van der Waals surface area (Å²) in [6, 6.07) is 14.9. The molecule has 2 aromatic carbocycles. The zero-order chi connectivity index (χ0) is 33.6. The number of hydrogen-bond donors (Lipinski definition) is 2. The molecule has 9 nitrogen and oxygen atoms in total. The molecule has 0 saturated carbocycles. The fourth-order valence-electron chi connectivity index (χ4n) is 4.93. The van der Waals surface area contributed by atoms with Crippen LogP contribution in [0.3, 0.4) is 0 Å². The van der Waals surface area contributed by atoms with E-state index in [0.29, 0.717) is 23.1 Å². The number of hydrogen-bond acceptors (Lipinski definition) is 8. The van der Waals surface area contributed by atoms with Gasteiger partial charge in [0.1, 0.15) is 4.70 Å². The summed E-state index contributed by atoms with van der Waals surface area (Å²) in [4.78, 5) is 7.12. The molecule has 0 unspecified atom stereocenters. The highest BCUT2D eigenvalue weighted by atomic mass is 35.5. The van der Waals surface area contributed by atoms with Crippen LogP contribution in [0.4, 0.5) is 5.69 Å². The number of aromatic nitrogens is 2. The van der Waals surface area contributed by atoms with E-state index in [-0.39, 0.29) is 24.3 Å². The Kier molecular flexibility index (Phi) is 11.6. The predicted octanol–water partition coefficient (Wildman–Crippen LogP) is 7.55. The van der Waals surface area contributed by atoms with E-state index in [4.69, 9.17) is 23.2 Å². The van der Waals surface area contributed by atoms with Crippen molar-refractivity contribution in [3.63, 3.8) is 0 Å². The van der Waals surface area contributed by atoms with E-state index in [0.717, 1.165) is 42.0 Å². The SMILES string of the molecule is O=S(=O)(O)CCCN1C(=CC=CC(=CC=Cc2sc3ccc(Cl)cc3[n+]2CCCS(=O)(=O)O)c2ccncc2)Sc2ccc(Cl)cc21. The summed E-state index contributed by atoms with van der Waals surface area (Å²) in [5.41, 5.74) is 3.58. The van der Waals surface area contributed by atoms with Gasteiger partial charge in [-0.2, -0.15) is 21.4 Å². The Morgan fingerprint density at radius 1 is 0.915 bits per heavy atom. The van der Waals surface area contributed by atoms with Crippen molar-refractivity contribution in [3.05, 3.63) is 117 Å². The lowest BCUT2D eigenvalue weighted by molar-refractivity contribution is -0.668. The molecule has 0 amide bonds. The maximum absolute atomic E-state index is 11.3. The lowest BCUT2D eigenvalue weighted by Gasteiger charge is -2.20. The van der Waals surface area contributed by atoms with Gasteiger partial charge in [-0.05, 0) is 66.1 Å². The van der Waals surface area contributed by atoms with Crippen molar-refractivity contribution < 1.29 is 30.5 Å². The van der Waals surface area contributed by atoms with Crippen molar-refractivity contribution in [2.75, 3.05) is 23.0 Å². The molecule has 0 atom stereocenters. The number of nitrogens with zero attached hydrogens (tertiary/aromatic N) is 3. The van der Waals surface area contributed by atoms with E-state index in [2.05, 4.69) is 4.98 Å². The van der Waals surface area contributed by atoms with Crippen molar-refractivity contribution in [2.45, 2.75) is 24.3 Å². The minimum Gasteiger partial charge on any atom is -0.335 e. The van der Waals surface area contributed by atoms with Crippen molar-refractivity contribution in [2.24, 2.45) is 0 Å². The minimum atomic E-state index is -4.08. The highest BCUT2D eigenvalue weighted by Crippen LogP contribution is 2.47. The van der Waals surface area contributed by atoms with E-state index in [9.17, 15) is 25.9 Å². The first kappa shape index (κ1) is 35.3. The highest BCUT2D eigenvalue weighted by molar-refractivity contribution is 8.03. The van der Waals surface area contributed by atoms with Gasteiger partial charge >= 0.3 is 0 Å². The third-order valence-corrected chi connectivity index (χ3v) is 11.3. The molecule has 246 valence electrons. The van der Waals surface area contributed by atoms with Gasteiger partial charge in [-0.25, -0.2) is 0 Å². The smallest absolute Gasteiger partial charge is 0.265 e. The molecule has 47 heavy (non-hydrogen) atoms. The van der Waals surface area contributed by atoms with Crippen LogP contribution in [0, 0.1) is 0 Å². The first-order valence-electron chi connectivity index (χ1n) is 14.3. The Morgan fingerprint density at radius 2 is 1.62 bits per heavy atom. The Bertz CT molecular complexity index is 2110. The lowest BCUT2D eigenvalue weighted by Crippen LogP contribution is -2.36. The van der Waals surface area contributed by atoms with Gasteiger partial charge in [0.05, 0.1) is 22.2 Å². The Labute approximate surface area is 292 Å². The third kappa shape index (κ3) is 10.00. The van der Waals surface area contributed by atoms with Gasteiger partial charge < -0.3 is 4.90 Å². The average molecular weight is 752 g/mol. The lowest BCUT2D eigenvalue weighted by atomic mass is 10.1. The molecule has 4 aromatic rings. The largest absolute Gasteiger partial charge is 0.335 e. The standard InChI is InChI=1S/C32H29Cl2N3O6S4/c33-25-9-11-29-27(21-25)36(17-3-19-46(38,39)40)31(44-29)7-1-5-23(24-13-15-35-16-14-24)6-2-8-32-37(18-4-20-47(41,42)43)28-22-26(34)10-12-30(28)45-32/h1-2,5-16,21-22H,3-4,17-20H2,(H-,38,39,40,41,42,43)/p+1. The van der Waals surface area contributed by atoms with Crippen LogP contribution in [0.25, 0.3) is 21.9 Å². The summed E-state index contributed by atoms with van der Waals surface area (Å²) < 4.78 is 66.8. The van der Waals surface area contributed by atoms with Crippen LogP contribution in [0.2, 0.25) is 10.0 Å². The molecule has 1 aliphatic heterocycles. The topological polar surface area (TPSA) is 129 Å². The Balaban J connectivity index is 1.43. The molecular weight excluding hydrogens is 722 g/mol. The summed E-state index contributed by atoms with van der Waals surface area (Å²) in [6.45, 7) is 0.750. The number of halogens is 2. The quantitative estimate of drug-likeness (QED) is 0.0809. The van der Waals surface area contributed by atoms with E-state index in [1.165, 1.54) is 0 Å². The molecule has 0 saturated heterocycles. The number of thioether (sulfide) groups is 1. The molecule has 0 radical (unpaired) electrons. The molecule has 15 heteroatoms. The molecular formula is C32H30Cl2N3O6S4+. The molecule has 0 spiro atoms. The van der Waals surface area contributed by atoms with Gasteiger partial charge in [-0.15, -0.1) is 0 Å². The fourth-order valence-corrected chi connectivity index (χ4v) is 8.41. The van der Waals surface area contributed by atoms with E-state index in [1.807, 2.05) is 94.5 Å². The van der Waals surface area contributed by atoms with Crippen molar-refractivity contribution in [1.82, 2.24) is 4.98 Å². The van der Waals surface area contributed by atoms with Crippen LogP contribution in [-0.4, -0.2) is 49.0 Å². The molecule has 0 fully saturated rings. The number of thiazole rings is 1. The van der Waals surface area contributed by atoms with Gasteiger partial charge in [0.25, 0.3) is 25.2 Å². The second kappa shape index (κ2) is 15.5. The number of fused-ring (bicyclic) bond motifs is 2. The number of allylic oxidation sites excluding steroid dienone is 6. The summed E-state index contributed by atoms with van der Waals surface area (Å²) in [6.07, 6.45) is 15.6. The fraction of sp³-hybridized carbons (Fsp3) is 0.188. The van der Waals surface area contributed by atoms with Crippen LogP contribution in [-0.2, 0) is 26.8 Å². The highest BCUT2D eigenvalue weighted by Gasteiger charge is 2.25. The summed E-state index contributed by atoms with van der Waals surface area (Å²) >= 11 is 15.6. The zero-order valence-electron chi connectivity index (χ0n) is 24.7. The number of pyridine rings is 1. The number of benzene rings is 2. The summed E-state index contributed by atoms with van der Waals surface area (Å²) in [5.74, 6) is -0.691. The Hall–Kier alpha value is -3.01. The van der Waals surface area contributed by atoms with Gasteiger partial charge in [0.15, 0.2) is 6.54 Å². The number of anilines is 1. The normalized spacial score (nSPS) is 15.1. The van der Waals surface area contributed by atoms with E-state index in [1.54, 1.807) is 35.5 Å². The molecule has 2 aromatic heterocycles.